The molecule has 2 aliphatic heterocycles. The van der Waals surface area contributed by atoms with Crippen molar-refractivity contribution in [1.29, 1.82) is 0 Å². The molecule has 2 rings (SSSR count). The number of piperidine rings is 1. The van der Waals surface area contributed by atoms with Crippen molar-refractivity contribution in [2.45, 2.75) is 38.9 Å². The summed E-state index contributed by atoms with van der Waals surface area (Å²) in [4.78, 5) is 16.7. The van der Waals surface area contributed by atoms with Gasteiger partial charge in [-0.2, -0.15) is 0 Å². The molecule has 2 heterocycles. The first-order chi connectivity index (χ1) is 10.6. The quantitative estimate of drug-likeness (QED) is 0.766. The summed E-state index contributed by atoms with van der Waals surface area (Å²) in [6.07, 6.45) is 1.61. The van der Waals surface area contributed by atoms with Gasteiger partial charge in [0.15, 0.2) is 0 Å². The maximum atomic E-state index is 12.6. The first-order valence-electron chi connectivity index (χ1n) is 8.45. The average molecular weight is 314 g/mol. The summed E-state index contributed by atoms with van der Waals surface area (Å²) in [5, 5.41) is 10.0. The number of morpholine rings is 1. The van der Waals surface area contributed by atoms with Crippen LogP contribution in [0, 0.1) is 5.92 Å². The predicted molar refractivity (Wildman–Crippen MR) is 83.7 cm³/mol. The minimum Gasteiger partial charge on any atom is -0.389 e. The number of carbonyl (C=O) groups is 1. The lowest BCUT2D eigenvalue weighted by Gasteiger charge is -2.36. The second-order valence-corrected chi connectivity index (χ2v) is 6.57. The van der Waals surface area contributed by atoms with Crippen molar-refractivity contribution >= 4 is 5.91 Å². The van der Waals surface area contributed by atoms with Gasteiger partial charge in [0.1, 0.15) is 0 Å². The van der Waals surface area contributed by atoms with Gasteiger partial charge in [-0.1, -0.05) is 0 Å². The van der Waals surface area contributed by atoms with E-state index in [0.717, 1.165) is 25.9 Å². The van der Waals surface area contributed by atoms with Crippen LogP contribution in [0.25, 0.3) is 0 Å². The number of likely N-dealkylation sites (tertiary alicyclic amines) is 1. The van der Waals surface area contributed by atoms with E-state index >= 15 is 0 Å². The highest BCUT2D eigenvalue weighted by Gasteiger charge is 2.30. The molecule has 0 aromatic heterocycles. The Balaban J connectivity index is 1.77. The van der Waals surface area contributed by atoms with Crippen molar-refractivity contribution in [3.05, 3.63) is 0 Å². The summed E-state index contributed by atoms with van der Waals surface area (Å²) < 4.78 is 10.8. The Hall–Kier alpha value is -0.690. The zero-order valence-corrected chi connectivity index (χ0v) is 13.9. The SMILES string of the molecule is CC(C)OCC(O)CN1CCCC(C(=O)N2CCOCC2)C1. The number of hydrogen-bond acceptors (Lipinski definition) is 5. The first kappa shape index (κ1) is 17.7. The minimum atomic E-state index is -0.486. The predicted octanol–water partition coefficient (Wildman–Crippen LogP) is 0.343. The molecule has 2 aliphatic rings. The van der Waals surface area contributed by atoms with E-state index in [2.05, 4.69) is 4.90 Å². The van der Waals surface area contributed by atoms with Gasteiger partial charge in [-0.25, -0.2) is 0 Å². The fourth-order valence-corrected chi connectivity index (χ4v) is 3.12. The number of carbonyl (C=O) groups excluding carboxylic acids is 1. The monoisotopic (exact) mass is 314 g/mol. The number of nitrogens with zero attached hydrogens (tertiary/aromatic N) is 2. The van der Waals surface area contributed by atoms with E-state index in [-0.39, 0.29) is 17.9 Å². The number of β-amino-alcohol motifs (C(OH)–C–C–N with tert-alkyl or cyclic N) is 1. The third-order valence-corrected chi connectivity index (χ3v) is 4.27. The molecule has 2 unspecified atom stereocenters. The van der Waals surface area contributed by atoms with Crippen molar-refractivity contribution < 1.29 is 19.4 Å². The fourth-order valence-electron chi connectivity index (χ4n) is 3.12. The molecule has 2 fully saturated rings. The molecular formula is C16H30N2O4. The van der Waals surface area contributed by atoms with Gasteiger partial charge in [-0.15, -0.1) is 0 Å². The number of rotatable bonds is 6. The Morgan fingerprint density at radius 2 is 2.05 bits per heavy atom. The Kier molecular flexibility index (Phi) is 7.08. The number of aliphatic hydroxyl groups excluding tert-OH is 1. The molecule has 1 amide bonds. The van der Waals surface area contributed by atoms with Gasteiger partial charge in [-0.3, -0.25) is 9.69 Å². The molecule has 1 N–H and O–H groups in total. The van der Waals surface area contributed by atoms with Crippen LogP contribution in [0.2, 0.25) is 0 Å². The van der Waals surface area contributed by atoms with E-state index in [9.17, 15) is 9.90 Å². The summed E-state index contributed by atoms with van der Waals surface area (Å²) in [7, 11) is 0. The zero-order valence-electron chi connectivity index (χ0n) is 13.9. The van der Waals surface area contributed by atoms with Crippen LogP contribution in [0.3, 0.4) is 0 Å². The van der Waals surface area contributed by atoms with Crippen LogP contribution in [-0.2, 0) is 14.3 Å². The van der Waals surface area contributed by atoms with Crippen LogP contribution in [0.1, 0.15) is 26.7 Å². The summed E-state index contributed by atoms with van der Waals surface area (Å²) in [6.45, 7) is 9.27. The van der Waals surface area contributed by atoms with Gasteiger partial charge in [0.05, 0.1) is 37.9 Å². The van der Waals surface area contributed by atoms with E-state index in [1.54, 1.807) is 0 Å². The van der Waals surface area contributed by atoms with E-state index in [1.165, 1.54) is 0 Å². The fraction of sp³-hybridized carbons (Fsp3) is 0.938. The maximum Gasteiger partial charge on any atom is 0.227 e. The molecule has 2 saturated heterocycles. The number of aliphatic hydroxyl groups is 1. The molecule has 0 saturated carbocycles. The highest BCUT2D eigenvalue weighted by atomic mass is 16.5. The Morgan fingerprint density at radius 3 is 2.73 bits per heavy atom. The average Bonchev–Trinajstić information content (AvgIpc) is 2.53. The van der Waals surface area contributed by atoms with Crippen molar-refractivity contribution in [3.63, 3.8) is 0 Å². The van der Waals surface area contributed by atoms with Crippen molar-refractivity contribution in [3.8, 4) is 0 Å². The van der Waals surface area contributed by atoms with Gasteiger partial charge in [-0.05, 0) is 33.2 Å². The smallest absolute Gasteiger partial charge is 0.227 e. The maximum absolute atomic E-state index is 12.6. The topological polar surface area (TPSA) is 62.2 Å². The highest BCUT2D eigenvalue weighted by Crippen LogP contribution is 2.19. The Bertz CT molecular complexity index is 345. The highest BCUT2D eigenvalue weighted by molar-refractivity contribution is 5.79. The summed E-state index contributed by atoms with van der Waals surface area (Å²) in [6, 6.07) is 0. The van der Waals surface area contributed by atoms with E-state index in [1.807, 2.05) is 18.7 Å². The summed E-state index contributed by atoms with van der Waals surface area (Å²) >= 11 is 0. The van der Waals surface area contributed by atoms with Crippen molar-refractivity contribution in [1.82, 2.24) is 9.80 Å². The van der Waals surface area contributed by atoms with Gasteiger partial charge in [0.2, 0.25) is 5.91 Å². The van der Waals surface area contributed by atoms with E-state index in [4.69, 9.17) is 9.47 Å². The summed E-state index contributed by atoms with van der Waals surface area (Å²) in [5.74, 6) is 0.311. The van der Waals surface area contributed by atoms with Crippen molar-refractivity contribution in [2.24, 2.45) is 5.92 Å². The molecule has 22 heavy (non-hydrogen) atoms. The normalized spacial score (nSPS) is 25.5. The second-order valence-electron chi connectivity index (χ2n) is 6.57. The van der Waals surface area contributed by atoms with Crippen LogP contribution >= 0.6 is 0 Å². The Morgan fingerprint density at radius 1 is 1.32 bits per heavy atom. The number of ether oxygens (including phenoxy) is 2. The third-order valence-electron chi connectivity index (χ3n) is 4.27. The molecule has 6 nitrogen and oxygen atoms in total. The lowest BCUT2D eigenvalue weighted by atomic mass is 9.96. The zero-order chi connectivity index (χ0) is 15.9. The van der Waals surface area contributed by atoms with Crippen LogP contribution in [-0.4, -0.2) is 85.6 Å². The van der Waals surface area contributed by atoms with E-state index < -0.39 is 6.10 Å². The largest absolute Gasteiger partial charge is 0.389 e. The number of hydrogen-bond donors (Lipinski definition) is 1. The minimum absolute atomic E-state index is 0.0602. The van der Waals surface area contributed by atoms with Crippen LogP contribution < -0.4 is 0 Å². The lowest BCUT2D eigenvalue weighted by Crippen LogP contribution is -2.49. The first-order valence-corrected chi connectivity index (χ1v) is 8.45. The molecule has 0 bridgehead atoms. The molecular weight excluding hydrogens is 284 g/mol. The van der Waals surface area contributed by atoms with Gasteiger partial charge in [0.25, 0.3) is 0 Å². The van der Waals surface area contributed by atoms with E-state index in [0.29, 0.717) is 39.5 Å². The number of amides is 1. The van der Waals surface area contributed by atoms with Gasteiger partial charge >= 0.3 is 0 Å². The van der Waals surface area contributed by atoms with Crippen molar-refractivity contribution in [2.75, 3.05) is 52.5 Å². The molecule has 0 aliphatic carbocycles. The molecule has 0 aromatic carbocycles. The third kappa shape index (κ3) is 5.50. The molecule has 6 heteroatoms. The van der Waals surface area contributed by atoms with Gasteiger partial charge in [0, 0.05) is 26.2 Å². The molecule has 128 valence electrons. The van der Waals surface area contributed by atoms with Gasteiger partial charge < -0.3 is 19.5 Å². The van der Waals surface area contributed by atoms with Crippen LogP contribution in [0.4, 0.5) is 0 Å². The lowest BCUT2D eigenvalue weighted by molar-refractivity contribution is -0.141. The second kappa shape index (κ2) is 8.82. The molecule has 0 radical (unpaired) electrons. The molecule has 2 atom stereocenters. The standard InChI is InChI=1S/C16H30N2O4/c1-13(2)22-12-15(19)11-17-5-3-4-14(10-17)16(20)18-6-8-21-9-7-18/h13-15,19H,3-12H2,1-2H3. The molecule has 0 aromatic rings. The summed E-state index contributed by atoms with van der Waals surface area (Å²) in [5.41, 5.74) is 0. The molecule has 0 spiro atoms. The Labute approximate surface area is 133 Å². The van der Waals surface area contributed by atoms with Crippen LogP contribution in [0.15, 0.2) is 0 Å². The van der Waals surface area contributed by atoms with Crippen LogP contribution in [0.5, 0.6) is 0 Å².